The van der Waals surface area contributed by atoms with Gasteiger partial charge in [0.15, 0.2) is 5.82 Å². The standard InChI is InChI=1S/C18H23N5/c1-22-12-7-16-15(13-22)18(23-10-3-2-4-11-23)21-17(20-16)14-5-8-19-9-6-14/h5-6,8-9H,2-4,7,10-13H2,1H3. The van der Waals surface area contributed by atoms with E-state index in [9.17, 15) is 0 Å². The second-order valence-corrected chi connectivity index (χ2v) is 6.57. The summed E-state index contributed by atoms with van der Waals surface area (Å²) >= 11 is 0. The van der Waals surface area contributed by atoms with Gasteiger partial charge in [-0.2, -0.15) is 0 Å². The molecule has 5 heteroatoms. The Kier molecular flexibility index (Phi) is 3.95. The summed E-state index contributed by atoms with van der Waals surface area (Å²) in [6, 6.07) is 3.99. The average molecular weight is 309 g/mol. The molecule has 0 aliphatic carbocycles. The second kappa shape index (κ2) is 6.24. The topological polar surface area (TPSA) is 45.2 Å². The Bertz CT molecular complexity index is 679. The molecule has 2 aromatic heterocycles. The number of hydrogen-bond acceptors (Lipinski definition) is 5. The van der Waals surface area contributed by atoms with Crippen molar-refractivity contribution in [2.45, 2.75) is 32.2 Å². The predicted octanol–water partition coefficient (Wildman–Crippen LogP) is 2.52. The van der Waals surface area contributed by atoms with E-state index in [2.05, 4.69) is 21.8 Å². The van der Waals surface area contributed by atoms with E-state index in [0.29, 0.717) is 0 Å². The van der Waals surface area contributed by atoms with E-state index in [-0.39, 0.29) is 0 Å². The first-order valence-electron chi connectivity index (χ1n) is 8.55. The van der Waals surface area contributed by atoms with Gasteiger partial charge in [-0.15, -0.1) is 0 Å². The molecule has 0 amide bonds. The maximum absolute atomic E-state index is 4.97. The first-order chi connectivity index (χ1) is 11.3. The molecule has 0 N–H and O–H groups in total. The third kappa shape index (κ3) is 2.93. The molecule has 1 fully saturated rings. The summed E-state index contributed by atoms with van der Waals surface area (Å²) < 4.78 is 0. The van der Waals surface area contributed by atoms with Crippen LogP contribution in [-0.2, 0) is 13.0 Å². The van der Waals surface area contributed by atoms with E-state index >= 15 is 0 Å². The van der Waals surface area contributed by atoms with Crippen LogP contribution in [0.25, 0.3) is 11.4 Å². The zero-order valence-electron chi connectivity index (χ0n) is 13.7. The van der Waals surface area contributed by atoms with E-state index in [0.717, 1.165) is 49.8 Å². The molecule has 2 aliphatic heterocycles. The molecule has 5 nitrogen and oxygen atoms in total. The fourth-order valence-electron chi connectivity index (χ4n) is 3.53. The summed E-state index contributed by atoms with van der Waals surface area (Å²) in [6.45, 7) is 4.25. The summed E-state index contributed by atoms with van der Waals surface area (Å²) in [4.78, 5) is 18.8. The van der Waals surface area contributed by atoms with Crippen LogP contribution in [0.1, 0.15) is 30.5 Å². The summed E-state index contributed by atoms with van der Waals surface area (Å²) in [5, 5.41) is 0. The summed E-state index contributed by atoms with van der Waals surface area (Å²) in [7, 11) is 2.18. The Hall–Kier alpha value is -2.01. The van der Waals surface area contributed by atoms with Crippen LogP contribution < -0.4 is 4.90 Å². The van der Waals surface area contributed by atoms with Crippen molar-refractivity contribution in [1.29, 1.82) is 0 Å². The molecule has 0 saturated carbocycles. The van der Waals surface area contributed by atoms with Crippen molar-refractivity contribution in [1.82, 2.24) is 19.9 Å². The highest BCUT2D eigenvalue weighted by Gasteiger charge is 2.24. The van der Waals surface area contributed by atoms with Gasteiger partial charge in [0.25, 0.3) is 0 Å². The van der Waals surface area contributed by atoms with Crippen molar-refractivity contribution in [3.05, 3.63) is 35.8 Å². The van der Waals surface area contributed by atoms with Crippen LogP contribution >= 0.6 is 0 Å². The van der Waals surface area contributed by atoms with Crippen LogP contribution in [0, 0.1) is 0 Å². The number of piperidine rings is 1. The molecular formula is C18H23N5. The maximum atomic E-state index is 4.97. The number of fused-ring (bicyclic) bond motifs is 1. The number of pyridine rings is 1. The summed E-state index contributed by atoms with van der Waals surface area (Å²) in [5.74, 6) is 2.00. The van der Waals surface area contributed by atoms with Crippen molar-refractivity contribution >= 4 is 5.82 Å². The molecule has 120 valence electrons. The van der Waals surface area contributed by atoms with Crippen molar-refractivity contribution in [2.24, 2.45) is 0 Å². The van der Waals surface area contributed by atoms with Crippen LogP contribution in [0.3, 0.4) is 0 Å². The first-order valence-corrected chi connectivity index (χ1v) is 8.55. The van der Waals surface area contributed by atoms with Gasteiger partial charge in [-0.1, -0.05) is 0 Å². The minimum Gasteiger partial charge on any atom is -0.356 e. The number of nitrogens with zero attached hydrogens (tertiary/aromatic N) is 5. The molecule has 0 unspecified atom stereocenters. The molecule has 0 bridgehead atoms. The highest BCUT2D eigenvalue weighted by Crippen LogP contribution is 2.30. The van der Waals surface area contributed by atoms with Gasteiger partial charge in [0.2, 0.25) is 0 Å². The van der Waals surface area contributed by atoms with Crippen molar-refractivity contribution in [2.75, 3.05) is 31.6 Å². The Morgan fingerprint density at radius 1 is 0.957 bits per heavy atom. The van der Waals surface area contributed by atoms with Crippen LogP contribution in [0.4, 0.5) is 5.82 Å². The van der Waals surface area contributed by atoms with Gasteiger partial charge in [0.1, 0.15) is 5.82 Å². The average Bonchev–Trinajstić information content (AvgIpc) is 2.62. The van der Waals surface area contributed by atoms with E-state index in [1.54, 1.807) is 0 Å². The predicted molar refractivity (Wildman–Crippen MR) is 91.4 cm³/mol. The zero-order valence-corrected chi connectivity index (χ0v) is 13.7. The molecule has 2 aliphatic rings. The van der Waals surface area contributed by atoms with Crippen molar-refractivity contribution in [3.63, 3.8) is 0 Å². The van der Waals surface area contributed by atoms with E-state index < -0.39 is 0 Å². The minimum atomic E-state index is 0.844. The molecule has 0 radical (unpaired) electrons. The van der Waals surface area contributed by atoms with Gasteiger partial charge < -0.3 is 9.80 Å². The molecule has 0 atom stereocenters. The molecule has 2 aromatic rings. The minimum absolute atomic E-state index is 0.844. The van der Waals surface area contributed by atoms with Gasteiger partial charge in [-0.05, 0) is 38.4 Å². The normalized spacial score (nSPS) is 18.7. The molecular weight excluding hydrogens is 286 g/mol. The Balaban J connectivity index is 1.81. The van der Waals surface area contributed by atoms with Gasteiger partial charge in [-0.25, -0.2) is 9.97 Å². The van der Waals surface area contributed by atoms with E-state index in [4.69, 9.17) is 9.97 Å². The number of hydrogen-bond donors (Lipinski definition) is 0. The smallest absolute Gasteiger partial charge is 0.161 e. The molecule has 1 saturated heterocycles. The maximum Gasteiger partial charge on any atom is 0.161 e. The molecule has 0 spiro atoms. The van der Waals surface area contributed by atoms with Gasteiger partial charge >= 0.3 is 0 Å². The van der Waals surface area contributed by atoms with Crippen LogP contribution in [0.5, 0.6) is 0 Å². The Labute approximate surface area is 137 Å². The quantitative estimate of drug-likeness (QED) is 0.853. The van der Waals surface area contributed by atoms with E-state index in [1.165, 1.54) is 30.5 Å². The lowest BCUT2D eigenvalue weighted by Crippen LogP contribution is -2.35. The lowest BCUT2D eigenvalue weighted by Gasteiger charge is -2.33. The lowest BCUT2D eigenvalue weighted by molar-refractivity contribution is 0.309. The zero-order chi connectivity index (χ0) is 15.6. The Morgan fingerprint density at radius 3 is 2.52 bits per heavy atom. The number of aromatic nitrogens is 3. The van der Waals surface area contributed by atoms with Gasteiger partial charge in [0, 0.05) is 56.1 Å². The SMILES string of the molecule is CN1CCc2nc(-c3ccncc3)nc(N3CCCCC3)c2C1. The summed E-state index contributed by atoms with van der Waals surface area (Å²) in [5.41, 5.74) is 3.61. The van der Waals surface area contributed by atoms with Gasteiger partial charge in [0.05, 0.1) is 5.69 Å². The largest absolute Gasteiger partial charge is 0.356 e. The number of likely N-dealkylation sites (N-methyl/N-ethyl adjacent to an activating group) is 1. The molecule has 23 heavy (non-hydrogen) atoms. The summed E-state index contributed by atoms with van der Waals surface area (Å²) in [6.07, 6.45) is 8.49. The Morgan fingerprint density at radius 2 is 1.74 bits per heavy atom. The monoisotopic (exact) mass is 309 g/mol. The van der Waals surface area contributed by atoms with E-state index in [1.807, 2.05) is 24.5 Å². The van der Waals surface area contributed by atoms with Crippen molar-refractivity contribution < 1.29 is 0 Å². The van der Waals surface area contributed by atoms with Crippen LogP contribution in [0.2, 0.25) is 0 Å². The third-order valence-corrected chi connectivity index (χ3v) is 4.82. The third-order valence-electron chi connectivity index (χ3n) is 4.82. The number of rotatable bonds is 2. The van der Waals surface area contributed by atoms with Crippen LogP contribution in [0.15, 0.2) is 24.5 Å². The highest BCUT2D eigenvalue weighted by atomic mass is 15.2. The lowest BCUT2D eigenvalue weighted by atomic mass is 10.0. The van der Waals surface area contributed by atoms with Gasteiger partial charge in [-0.3, -0.25) is 4.98 Å². The fourth-order valence-corrected chi connectivity index (χ4v) is 3.53. The van der Waals surface area contributed by atoms with Crippen LogP contribution in [-0.4, -0.2) is 46.5 Å². The molecule has 4 rings (SSSR count). The fraction of sp³-hybridized carbons (Fsp3) is 0.500. The number of anilines is 1. The highest BCUT2D eigenvalue weighted by molar-refractivity contribution is 5.60. The first kappa shape index (κ1) is 14.6. The molecule has 4 heterocycles. The second-order valence-electron chi connectivity index (χ2n) is 6.57. The van der Waals surface area contributed by atoms with Crippen molar-refractivity contribution in [3.8, 4) is 11.4 Å². The molecule has 0 aromatic carbocycles.